The number of nitrogens with zero attached hydrogens (tertiary/aromatic N) is 2. The number of anilines is 2. The second kappa shape index (κ2) is 7.93. The minimum Gasteiger partial charge on any atom is -0.357 e. The Morgan fingerprint density at radius 3 is 2.67 bits per heavy atom. The van der Waals surface area contributed by atoms with Crippen molar-refractivity contribution in [2.45, 2.75) is 19.3 Å². The van der Waals surface area contributed by atoms with Crippen molar-refractivity contribution in [3.05, 3.63) is 53.7 Å². The number of hydrogen-bond acceptors (Lipinski definition) is 4. The Balaban J connectivity index is 1.68. The molecule has 1 fully saturated rings. The van der Waals surface area contributed by atoms with E-state index in [2.05, 4.69) is 20.5 Å². The number of likely N-dealkylation sites (N-methyl/N-ethyl adjacent to an activating group) is 1. The first-order valence-corrected chi connectivity index (χ1v) is 8.53. The SMILES string of the molecule is CNCCc1ccccc1C(=O)Nc1ccc(N2CCCC2)nc1. The molecule has 5 heteroatoms. The van der Waals surface area contributed by atoms with E-state index in [1.165, 1.54) is 12.8 Å². The van der Waals surface area contributed by atoms with Gasteiger partial charge in [0.1, 0.15) is 5.82 Å². The van der Waals surface area contributed by atoms with Crippen molar-refractivity contribution < 1.29 is 4.79 Å². The van der Waals surface area contributed by atoms with Crippen LogP contribution in [0.1, 0.15) is 28.8 Å². The van der Waals surface area contributed by atoms with Gasteiger partial charge in [0, 0.05) is 18.7 Å². The molecule has 0 aliphatic carbocycles. The maximum atomic E-state index is 12.6. The first kappa shape index (κ1) is 16.5. The van der Waals surface area contributed by atoms with Crippen molar-refractivity contribution in [3.8, 4) is 0 Å². The van der Waals surface area contributed by atoms with E-state index in [1.807, 2.05) is 43.4 Å². The van der Waals surface area contributed by atoms with Crippen molar-refractivity contribution in [1.29, 1.82) is 0 Å². The second-order valence-corrected chi connectivity index (χ2v) is 6.06. The lowest BCUT2D eigenvalue weighted by atomic mass is 10.0. The minimum absolute atomic E-state index is 0.0857. The summed E-state index contributed by atoms with van der Waals surface area (Å²) in [5, 5.41) is 6.07. The third kappa shape index (κ3) is 3.92. The zero-order chi connectivity index (χ0) is 16.8. The molecule has 0 radical (unpaired) electrons. The fourth-order valence-electron chi connectivity index (χ4n) is 3.01. The number of benzene rings is 1. The van der Waals surface area contributed by atoms with Crippen LogP contribution < -0.4 is 15.5 Å². The highest BCUT2D eigenvalue weighted by molar-refractivity contribution is 6.05. The van der Waals surface area contributed by atoms with Crippen LogP contribution in [-0.2, 0) is 6.42 Å². The van der Waals surface area contributed by atoms with Crippen LogP contribution in [0.4, 0.5) is 11.5 Å². The quantitative estimate of drug-likeness (QED) is 0.858. The number of aromatic nitrogens is 1. The predicted octanol–water partition coefficient (Wildman–Crippen LogP) is 2.70. The zero-order valence-corrected chi connectivity index (χ0v) is 14.1. The smallest absolute Gasteiger partial charge is 0.255 e. The van der Waals surface area contributed by atoms with Crippen LogP contribution in [-0.4, -0.2) is 37.6 Å². The van der Waals surface area contributed by atoms with Gasteiger partial charge in [-0.05, 0) is 56.6 Å². The van der Waals surface area contributed by atoms with Gasteiger partial charge in [-0.3, -0.25) is 4.79 Å². The number of hydrogen-bond donors (Lipinski definition) is 2. The Morgan fingerprint density at radius 1 is 1.17 bits per heavy atom. The molecule has 3 rings (SSSR count). The van der Waals surface area contributed by atoms with E-state index in [4.69, 9.17) is 0 Å². The van der Waals surface area contributed by atoms with Gasteiger partial charge in [0.25, 0.3) is 5.91 Å². The minimum atomic E-state index is -0.0857. The predicted molar refractivity (Wildman–Crippen MR) is 97.7 cm³/mol. The summed E-state index contributed by atoms with van der Waals surface area (Å²) in [4.78, 5) is 19.3. The molecule has 0 bridgehead atoms. The normalized spacial score (nSPS) is 14.0. The van der Waals surface area contributed by atoms with Gasteiger partial charge in [-0.2, -0.15) is 0 Å². The van der Waals surface area contributed by atoms with Gasteiger partial charge in [0.2, 0.25) is 0 Å². The van der Waals surface area contributed by atoms with E-state index in [0.29, 0.717) is 0 Å². The standard InChI is InChI=1S/C19H24N4O/c1-20-11-10-15-6-2-3-7-17(15)19(24)22-16-8-9-18(21-14-16)23-12-4-5-13-23/h2-3,6-9,14,20H,4-5,10-13H2,1H3,(H,22,24). The lowest BCUT2D eigenvalue weighted by Gasteiger charge is -2.16. The van der Waals surface area contributed by atoms with Crippen molar-refractivity contribution in [3.63, 3.8) is 0 Å². The van der Waals surface area contributed by atoms with E-state index in [1.54, 1.807) is 6.20 Å². The first-order valence-electron chi connectivity index (χ1n) is 8.53. The lowest BCUT2D eigenvalue weighted by molar-refractivity contribution is 0.102. The van der Waals surface area contributed by atoms with Gasteiger partial charge in [-0.1, -0.05) is 18.2 Å². The highest BCUT2D eigenvalue weighted by Gasteiger charge is 2.14. The molecular formula is C19H24N4O. The number of rotatable bonds is 6. The van der Waals surface area contributed by atoms with Crippen molar-refractivity contribution in [2.24, 2.45) is 0 Å². The third-order valence-corrected chi connectivity index (χ3v) is 4.34. The van der Waals surface area contributed by atoms with Gasteiger partial charge in [0.05, 0.1) is 11.9 Å². The second-order valence-electron chi connectivity index (χ2n) is 6.06. The van der Waals surface area contributed by atoms with E-state index >= 15 is 0 Å². The van der Waals surface area contributed by atoms with Crippen LogP contribution >= 0.6 is 0 Å². The van der Waals surface area contributed by atoms with Crippen molar-refractivity contribution in [1.82, 2.24) is 10.3 Å². The molecule has 0 unspecified atom stereocenters. The number of amides is 1. The molecule has 1 amide bonds. The molecule has 1 aliphatic rings. The zero-order valence-electron chi connectivity index (χ0n) is 14.1. The average Bonchev–Trinajstić information content (AvgIpc) is 3.15. The summed E-state index contributed by atoms with van der Waals surface area (Å²) in [7, 11) is 1.91. The van der Waals surface area contributed by atoms with Crippen molar-refractivity contribution in [2.75, 3.05) is 36.9 Å². The maximum Gasteiger partial charge on any atom is 0.255 e. The topological polar surface area (TPSA) is 57.3 Å². The largest absolute Gasteiger partial charge is 0.357 e. The molecular weight excluding hydrogens is 300 g/mol. The summed E-state index contributed by atoms with van der Waals surface area (Å²) in [5.41, 5.74) is 2.49. The fourth-order valence-corrected chi connectivity index (χ4v) is 3.01. The fraction of sp³-hybridized carbons (Fsp3) is 0.368. The molecule has 126 valence electrons. The summed E-state index contributed by atoms with van der Waals surface area (Å²) in [6.45, 7) is 2.98. The third-order valence-electron chi connectivity index (χ3n) is 4.34. The number of nitrogens with one attached hydrogen (secondary N) is 2. The molecule has 0 atom stereocenters. The Morgan fingerprint density at radius 2 is 1.96 bits per heavy atom. The van der Waals surface area contributed by atoms with Gasteiger partial charge in [-0.15, -0.1) is 0 Å². The van der Waals surface area contributed by atoms with Gasteiger partial charge >= 0.3 is 0 Å². The van der Waals surface area contributed by atoms with E-state index in [9.17, 15) is 4.79 Å². The Bertz CT molecular complexity index is 678. The van der Waals surface area contributed by atoms with Crippen LogP contribution in [0.3, 0.4) is 0 Å². The number of carbonyl (C=O) groups excluding carboxylic acids is 1. The van der Waals surface area contributed by atoms with E-state index < -0.39 is 0 Å². The van der Waals surface area contributed by atoms with Crippen LogP contribution in [0.15, 0.2) is 42.6 Å². The molecule has 0 saturated carbocycles. The van der Waals surface area contributed by atoms with Crippen LogP contribution in [0, 0.1) is 0 Å². The summed E-state index contributed by atoms with van der Waals surface area (Å²) in [6, 6.07) is 11.6. The van der Waals surface area contributed by atoms with Gasteiger partial charge < -0.3 is 15.5 Å². The summed E-state index contributed by atoms with van der Waals surface area (Å²) < 4.78 is 0. The number of pyridine rings is 1. The Kier molecular flexibility index (Phi) is 5.43. The summed E-state index contributed by atoms with van der Waals surface area (Å²) in [6.07, 6.45) is 5.02. The molecule has 24 heavy (non-hydrogen) atoms. The number of carbonyl (C=O) groups is 1. The maximum absolute atomic E-state index is 12.6. The molecule has 5 nitrogen and oxygen atoms in total. The van der Waals surface area contributed by atoms with Gasteiger partial charge in [0.15, 0.2) is 0 Å². The highest BCUT2D eigenvalue weighted by Crippen LogP contribution is 2.20. The highest BCUT2D eigenvalue weighted by atomic mass is 16.1. The average molecular weight is 324 g/mol. The van der Waals surface area contributed by atoms with Crippen LogP contribution in [0.25, 0.3) is 0 Å². The molecule has 1 saturated heterocycles. The molecule has 1 aromatic heterocycles. The first-order chi connectivity index (χ1) is 11.8. The van der Waals surface area contributed by atoms with Crippen LogP contribution in [0.5, 0.6) is 0 Å². The molecule has 2 heterocycles. The monoisotopic (exact) mass is 324 g/mol. The molecule has 2 aromatic rings. The Hall–Kier alpha value is -2.40. The molecule has 0 spiro atoms. The molecule has 1 aliphatic heterocycles. The van der Waals surface area contributed by atoms with E-state index in [-0.39, 0.29) is 5.91 Å². The van der Waals surface area contributed by atoms with E-state index in [0.717, 1.165) is 48.7 Å². The Labute approximate surface area is 143 Å². The summed E-state index contributed by atoms with van der Waals surface area (Å²) >= 11 is 0. The van der Waals surface area contributed by atoms with Crippen LogP contribution in [0.2, 0.25) is 0 Å². The van der Waals surface area contributed by atoms with Crippen molar-refractivity contribution >= 4 is 17.4 Å². The summed E-state index contributed by atoms with van der Waals surface area (Å²) in [5.74, 6) is 0.900. The molecule has 2 N–H and O–H groups in total. The lowest BCUT2D eigenvalue weighted by Crippen LogP contribution is -2.19. The molecule has 1 aromatic carbocycles. The van der Waals surface area contributed by atoms with Gasteiger partial charge in [-0.25, -0.2) is 4.98 Å².